The zero-order valence-corrected chi connectivity index (χ0v) is 10.9. The number of hydrogen-bond acceptors (Lipinski definition) is 4. The first-order valence-electron chi connectivity index (χ1n) is 6.55. The fourth-order valence-corrected chi connectivity index (χ4v) is 2.68. The summed E-state index contributed by atoms with van der Waals surface area (Å²) in [5, 5.41) is 19.6. The average Bonchev–Trinajstić information content (AvgIpc) is 2.40. The monoisotopic (exact) mass is 286 g/mol. The Balaban J connectivity index is 2.37. The molecule has 0 radical (unpaired) electrons. The Morgan fingerprint density at radius 3 is 2.55 bits per heavy atom. The van der Waals surface area contributed by atoms with Gasteiger partial charge in [-0.05, 0) is 25.7 Å². The number of halogens is 2. The van der Waals surface area contributed by atoms with E-state index in [1.54, 1.807) is 4.90 Å². The molecule has 1 heterocycles. The Morgan fingerprint density at radius 2 is 2.00 bits per heavy atom. The Kier molecular flexibility index (Phi) is 4.49. The number of rotatable bonds is 4. The number of benzene rings is 1. The van der Waals surface area contributed by atoms with Gasteiger partial charge in [0.25, 0.3) is 5.69 Å². The first-order chi connectivity index (χ1) is 9.54. The Morgan fingerprint density at radius 1 is 1.35 bits per heavy atom. The Hall–Kier alpha value is -1.76. The third-order valence-electron chi connectivity index (χ3n) is 3.59. The van der Waals surface area contributed by atoms with Gasteiger partial charge in [0, 0.05) is 19.2 Å². The van der Waals surface area contributed by atoms with Gasteiger partial charge in [0.15, 0.2) is 11.6 Å². The predicted molar refractivity (Wildman–Crippen MR) is 69.7 cm³/mol. The number of nitro benzene ring substituents is 1. The maximum atomic E-state index is 14.0. The summed E-state index contributed by atoms with van der Waals surface area (Å²) in [6.07, 6.45) is 2.92. The van der Waals surface area contributed by atoms with E-state index in [1.165, 1.54) is 0 Å². The minimum Gasteiger partial charge on any atom is -0.396 e. The van der Waals surface area contributed by atoms with Gasteiger partial charge in [0.05, 0.1) is 17.1 Å². The van der Waals surface area contributed by atoms with Crippen LogP contribution >= 0.6 is 0 Å². The van der Waals surface area contributed by atoms with Crippen LogP contribution in [0.1, 0.15) is 25.7 Å². The van der Waals surface area contributed by atoms with Crippen LogP contribution in [0.3, 0.4) is 0 Å². The van der Waals surface area contributed by atoms with E-state index in [1.807, 2.05) is 0 Å². The summed E-state index contributed by atoms with van der Waals surface area (Å²) in [5.74, 6) is -1.86. The third-order valence-corrected chi connectivity index (χ3v) is 3.59. The van der Waals surface area contributed by atoms with Gasteiger partial charge in [0.2, 0.25) is 0 Å². The smallest absolute Gasteiger partial charge is 0.275 e. The SMILES string of the molecule is O=[N+]([O-])c1cc(F)c(N2CCCCC2CCO)c(F)c1. The van der Waals surface area contributed by atoms with Crippen molar-refractivity contribution in [3.05, 3.63) is 33.9 Å². The lowest BCUT2D eigenvalue weighted by Gasteiger charge is -2.37. The van der Waals surface area contributed by atoms with Crippen LogP contribution < -0.4 is 4.90 Å². The zero-order chi connectivity index (χ0) is 14.7. The Labute approximate surface area is 115 Å². The van der Waals surface area contributed by atoms with Crippen molar-refractivity contribution in [1.82, 2.24) is 0 Å². The number of nitrogens with zero attached hydrogens (tertiary/aromatic N) is 2. The molecule has 1 aliphatic rings. The summed E-state index contributed by atoms with van der Waals surface area (Å²) in [6, 6.07) is 1.34. The van der Waals surface area contributed by atoms with Crippen molar-refractivity contribution in [2.24, 2.45) is 0 Å². The lowest BCUT2D eigenvalue weighted by molar-refractivity contribution is -0.385. The molecule has 1 atom stereocenters. The van der Waals surface area contributed by atoms with Crippen LogP contribution in [-0.4, -0.2) is 29.2 Å². The summed E-state index contributed by atoms with van der Waals surface area (Å²) >= 11 is 0. The zero-order valence-electron chi connectivity index (χ0n) is 10.9. The van der Waals surface area contributed by atoms with Gasteiger partial charge in [-0.3, -0.25) is 10.1 Å². The minimum atomic E-state index is -0.929. The summed E-state index contributed by atoms with van der Waals surface area (Å²) < 4.78 is 28.0. The van der Waals surface area contributed by atoms with E-state index in [4.69, 9.17) is 5.11 Å². The molecule has 0 aliphatic carbocycles. The van der Waals surface area contributed by atoms with Crippen LogP contribution in [-0.2, 0) is 0 Å². The van der Waals surface area contributed by atoms with Crippen molar-refractivity contribution in [3.63, 3.8) is 0 Å². The average molecular weight is 286 g/mol. The molecule has 0 aromatic heterocycles. The van der Waals surface area contributed by atoms with E-state index < -0.39 is 22.2 Å². The molecule has 1 N–H and O–H groups in total. The fourth-order valence-electron chi connectivity index (χ4n) is 2.68. The molecule has 7 heteroatoms. The van der Waals surface area contributed by atoms with Crippen molar-refractivity contribution < 1.29 is 18.8 Å². The van der Waals surface area contributed by atoms with Gasteiger partial charge >= 0.3 is 0 Å². The molecule has 1 aromatic rings. The van der Waals surface area contributed by atoms with Crippen LogP contribution in [0.2, 0.25) is 0 Å². The molecular weight excluding hydrogens is 270 g/mol. The van der Waals surface area contributed by atoms with Crippen LogP contribution in [0.25, 0.3) is 0 Å². The molecule has 5 nitrogen and oxygen atoms in total. The summed E-state index contributed by atoms with van der Waals surface area (Å²) in [4.78, 5) is 11.3. The predicted octanol–water partition coefficient (Wildman–Crippen LogP) is 2.61. The van der Waals surface area contributed by atoms with Crippen molar-refractivity contribution in [1.29, 1.82) is 0 Å². The van der Waals surface area contributed by atoms with Crippen molar-refractivity contribution >= 4 is 11.4 Å². The second-order valence-corrected chi connectivity index (χ2v) is 4.87. The van der Waals surface area contributed by atoms with Crippen LogP contribution in [0.4, 0.5) is 20.2 Å². The molecule has 0 saturated carbocycles. The second-order valence-electron chi connectivity index (χ2n) is 4.87. The molecule has 110 valence electrons. The van der Waals surface area contributed by atoms with Crippen molar-refractivity contribution in [2.45, 2.75) is 31.7 Å². The molecular formula is C13H16F2N2O3. The molecule has 0 bridgehead atoms. The van der Waals surface area contributed by atoms with Crippen molar-refractivity contribution in [3.8, 4) is 0 Å². The normalized spacial score (nSPS) is 19.1. The maximum absolute atomic E-state index is 14.0. The molecule has 2 rings (SSSR count). The molecule has 1 saturated heterocycles. The first-order valence-corrected chi connectivity index (χ1v) is 6.55. The van der Waals surface area contributed by atoms with Crippen molar-refractivity contribution in [2.75, 3.05) is 18.1 Å². The first kappa shape index (κ1) is 14.6. The van der Waals surface area contributed by atoms with E-state index in [0.717, 1.165) is 31.4 Å². The molecule has 20 heavy (non-hydrogen) atoms. The molecule has 0 amide bonds. The summed E-state index contributed by atoms with van der Waals surface area (Å²) in [7, 11) is 0. The maximum Gasteiger partial charge on any atom is 0.275 e. The molecule has 0 spiro atoms. The highest BCUT2D eigenvalue weighted by Gasteiger charge is 2.28. The van der Waals surface area contributed by atoms with Gasteiger partial charge in [0.1, 0.15) is 5.69 Å². The van der Waals surface area contributed by atoms with Gasteiger partial charge in [-0.15, -0.1) is 0 Å². The number of piperidine rings is 1. The molecule has 1 fully saturated rings. The number of anilines is 1. The van der Waals surface area contributed by atoms with Gasteiger partial charge in [-0.1, -0.05) is 0 Å². The van der Waals surface area contributed by atoms with Gasteiger partial charge < -0.3 is 10.0 Å². The molecule has 1 unspecified atom stereocenters. The van der Waals surface area contributed by atoms with E-state index in [0.29, 0.717) is 13.0 Å². The number of aliphatic hydroxyl groups is 1. The van der Waals surface area contributed by atoms with Gasteiger partial charge in [-0.25, -0.2) is 8.78 Å². The van der Waals surface area contributed by atoms with E-state index >= 15 is 0 Å². The van der Waals surface area contributed by atoms with E-state index in [2.05, 4.69) is 0 Å². The fraction of sp³-hybridized carbons (Fsp3) is 0.538. The third kappa shape index (κ3) is 2.87. The summed E-state index contributed by atoms with van der Waals surface area (Å²) in [5.41, 5.74) is -0.826. The molecule has 1 aliphatic heterocycles. The van der Waals surface area contributed by atoms with Crippen LogP contribution in [0, 0.1) is 21.7 Å². The van der Waals surface area contributed by atoms with E-state index in [-0.39, 0.29) is 18.3 Å². The van der Waals surface area contributed by atoms with E-state index in [9.17, 15) is 18.9 Å². The largest absolute Gasteiger partial charge is 0.396 e. The second kappa shape index (κ2) is 6.13. The number of hydrogen-bond donors (Lipinski definition) is 1. The topological polar surface area (TPSA) is 66.6 Å². The number of aliphatic hydroxyl groups excluding tert-OH is 1. The number of nitro groups is 1. The standard InChI is InChI=1S/C13H16F2N2O3/c14-11-7-10(17(19)20)8-12(15)13(11)16-5-2-1-3-9(16)4-6-18/h7-9,18H,1-6H2. The van der Waals surface area contributed by atoms with Crippen LogP contribution in [0.5, 0.6) is 0 Å². The summed E-state index contributed by atoms with van der Waals surface area (Å²) in [6.45, 7) is 0.424. The van der Waals surface area contributed by atoms with Gasteiger partial charge in [-0.2, -0.15) is 0 Å². The highest BCUT2D eigenvalue weighted by Crippen LogP contribution is 2.33. The highest BCUT2D eigenvalue weighted by atomic mass is 19.1. The Bertz CT molecular complexity index is 485. The minimum absolute atomic E-state index is 0.0581. The van der Waals surface area contributed by atoms with Crippen LogP contribution in [0.15, 0.2) is 12.1 Å². The lowest BCUT2D eigenvalue weighted by Crippen LogP contribution is -2.41. The quantitative estimate of drug-likeness (QED) is 0.682. The lowest BCUT2D eigenvalue weighted by atomic mass is 9.98. The highest BCUT2D eigenvalue weighted by molar-refractivity contribution is 5.54. The molecule has 1 aromatic carbocycles. The number of non-ortho nitro benzene ring substituents is 1.